The highest BCUT2D eigenvalue weighted by Crippen LogP contribution is 2.05. The van der Waals surface area contributed by atoms with Crippen LogP contribution in [0.1, 0.15) is 33.1 Å². The lowest BCUT2D eigenvalue weighted by molar-refractivity contribution is -0.128. The number of carbonyl (C=O) groups is 1. The second-order valence-corrected chi connectivity index (χ2v) is 2.86. The van der Waals surface area contributed by atoms with E-state index in [0.29, 0.717) is 13.1 Å². The Bertz CT molecular complexity index is 79.3. The maximum Gasteiger partial charge on any atom is 0.293 e. The first-order valence-electron chi connectivity index (χ1n) is 3.82. The van der Waals surface area contributed by atoms with Gasteiger partial charge in [-0.25, -0.2) is 0 Å². The summed E-state index contributed by atoms with van der Waals surface area (Å²) < 4.78 is 4.53. The van der Waals surface area contributed by atoms with E-state index in [2.05, 4.69) is 18.6 Å². The van der Waals surface area contributed by atoms with Gasteiger partial charge in [0.1, 0.15) is 0 Å². The van der Waals surface area contributed by atoms with E-state index in [-0.39, 0.29) is 0 Å². The first-order valence-corrected chi connectivity index (χ1v) is 3.82. The summed E-state index contributed by atoms with van der Waals surface area (Å²) in [5.74, 6) is 0.760. The highest BCUT2D eigenvalue weighted by atomic mass is 16.5. The third kappa shape index (κ3) is 7.47. The molecule has 0 saturated heterocycles. The van der Waals surface area contributed by atoms with Crippen LogP contribution in [0.4, 0.5) is 0 Å². The smallest absolute Gasteiger partial charge is 0.293 e. The summed E-state index contributed by atoms with van der Waals surface area (Å²) >= 11 is 0. The molecule has 0 aliphatic heterocycles. The van der Waals surface area contributed by atoms with Gasteiger partial charge in [0.25, 0.3) is 6.47 Å². The molecule has 2 nitrogen and oxygen atoms in total. The summed E-state index contributed by atoms with van der Waals surface area (Å²) in [7, 11) is 0. The van der Waals surface area contributed by atoms with Crippen LogP contribution >= 0.6 is 0 Å². The molecule has 0 amide bonds. The topological polar surface area (TPSA) is 26.3 Å². The fraction of sp³-hybridized carbons (Fsp3) is 0.875. The molecule has 0 atom stereocenters. The molecule has 0 saturated carbocycles. The standard InChI is InChI=1S/C8H16O2/c1-8(2)5-3-4-6-10-7-9/h7-8H,3-6H2,1-2H3. The molecule has 0 unspecified atom stereocenters. The number of ether oxygens (including phenoxy) is 1. The van der Waals surface area contributed by atoms with Gasteiger partial charge < -0.3 is 4.74 Å². The number of unbranched alkanes of at least 4 members (excludes halogenated alkanes) is 1. The SMILES string of the molecule is CC(C)CCCCOC=O. The summed E-state index contributed by atoms with van der Waals surface area (Å²) in [6.45, 7) is 5.48. The highest BCUT2D eigenvalue weighted by molar-refractivity contribution is 5.36. The quantitative estimate of drug-likeness (QED) is 0.421. The maximum absolute atomic E-state index is 9.68. The van der Waals surface area contributed by atoms with Crippen LogP contribution in [-0.4, -0.2) is 13.1 Å². The Labute approximate surface area is 62.6 Å². The van der Waals surface area contributed by atoms with Crippen LogP contribution in [0.25, 0.3) is 0 Å². The molecule has 0 aromatic rings. The van der Waals surface area contributed by atoms with Crippen molar-refractivity contribution in [3.05, 3.63) is 0 Å². The average molecular weight is 144 g/mol. The molecular weight excluding hydrogens is 128 g/mol. The van der Waals surface area contributed by atoms with Gasteiger partial charge in [0, 0.05) is 0 Å². The summed E-state index contributed by atoms with van der Waals surface area (Å²) in [4.78, 5) is 9.68. The molecule has 0 aliphatic carbocycles. The zero-order valence-corrected chi connectivity index (χ0v) is 6.80. The second-order valence-electron chi connectivity index (χ2n) is 2.86. The lowest BCUT2D eigenvalue weighted by atomic mass is 10.1. The number of carbonyl (C=O) groups excluding carboxylic acids is 1. The van der Waals surface area contributed by atoms with Crippen molar-refractivity contribution in [2.75, 3.05) is 6.61 Å². The van der Waals surface area contributed by atoms with Crippen LogP contribution < -0.4 is 0 Å². The maximum atomic E-state index is 9.68. The molecule has 0 heterocycles. The predicted molar refractivity (Wildman–Crippen MR) is 40.7 cm³/mol. The first-order chi connectivity index (χ1) is 4.77. The van der Waals surface area contributed by atoms with Crippen molar-refractivity contribution >= 4 is 6.47 Å². The van der Waals surface area contributed by atoms with Gasteiger partial charge in [-0.05, 0) is 18.8 Å². The molecule has 0 aliphatic rings. The second kappa shape index (κ2) is 6.59. The Morgan fingerprint density at radius 3 is 2.60 bits per heavy atom. The van der Waals surface area contributed by atoms with Crippen molar-refractivity contribution in [2.45, 2.75) is 33.1 Å². The molecule has 60 valence electrons. The van der Waals surface area contributed by atoms with Crippen LogP contribution in [0.15, 0.2) is 0 Å². The zero-order valence-electron chi connectivity index (χ0n) is 6.80. The fourth-order valence-electron chi connectivity index (χ4n) is 0.786. The molecule has 0 N–H and O–H groups in total. The molecule has 0 aromatic carbocycles. The minimum Gasteiger partial charge on any atom is -0.468 e. The van der Waals surface area contributed by atoms with E-state index in [1.165, 1.54) is 6.42 Å². The van der Waals surface area contributed by atoms with E-state index in [1.54, 1.807) is 0 Å². The van der Waals surface area contributed by atoms with Gasteiger partial charge in [-0.1, -0.05) is 20.3 Å². The Morgan fingerprint density at radius 2 is 2.10 bits per heavy atom. The largest absolute Gasteiger partial charge is 0.468 e. The molecule has 0 spiro atoms. The van der Waals surface area contributed by atoms with Crippen LogP contribution in [-0.2, 0) is 9.53 Å². The minimum atomic E-state index is 0.509. The van der Waals surface area contributed by atoms with Crippen molar-refractivity contribution in [3.8, 4) is 0 Å². The Hall–Kier alpha value is -0.530. The van der Waals surface area contributed by atoms with Crippen LogP contribution in [0.5, 0.6) is 0 Å². The monoisotopic (exact) mass is 144 g/mol. The predicted octanol–water partition coefficient (Wildman–Crippen LogP) is 1.99. The van der Waals surface area contributed by atoms with Crippen molar-refractivity contribution < 1.29 is 9.53 Å². The summed E-state index contributed by atoms with van der Waals surface area (Å²) in [5, 5.41) is 0. The number of hydrogen-bond donors (Lipinski definition) is 0. The Kier molecular flexibility index (Phi) is 6.24. The van der Waals surface area contributed by atoms with E-state index in [0.717, 1.165) is 18.8 Å². The number of rotatable bonds is 6. The molecule has 0 fully saturated rings. The van der Waals surface area contributed by atoms with Crippen molar-refractivity contribution in [1.29, 1.82) is 0 Å². The molecular formula is C8H16O2. The molecule has 0 radical (unpaired) electrons. The van der Waals surface area contributed by atoms with E-state index in [9.17, 15) is 4.79 Å². The van der Waals surface area contributed by atoms with Gasteiger partial charge in [-0.3, -0.25) is 4.79 Å². The molecule has 10 heavy (non-hydrogen) atoms. The normalized spacial score (nSPS) is 9.90. The van der Waals surface area contributed by atoms with Gasteiger partial charge in [0.2, 0.25) is 0 Å². The van der Waals surface area contributed by atoms with Crippen molar-refractivity contribution in [3.63, 3.8) is 0 Å². The van der Waals surface area contributed by atoms with Gasteiger partial charge in [-0.2, -0.15) is 0 Å². The molecule has 0 aromatic heterocycles. The zero-order chi connectivity index (χ0) is 7.82. The summed E-state index contributed by atoms with van der Waals surface area (Å²) in [6.07, 6.45) is 3.38. The number of hydrogen-bond acceptors (Lipinski definition) is 2. The van der Waals surface area contributed by atoms with Crippen molar-refractivity contribution in [2.24, 2.45) is 5.92 Å². The highest BCUT2D eigenvalue weighted by Gasteiger charge is 1.92. The van der Waals surface area contributed by atoms with Crippen LogP contribution in [0.2, 0.25) is 0 Å². The van der Waals surface area contributed by atoms with E-state index in [4.69, 9.17) is 0 Å². The van der Waals surface area contributed by atoms with E-state index < -0.39 is 0 Å². The molecule has 0 bridgehead atoms. The van der Waals surface area contributed by atoms with E-state index in [1.807, 2.05) is 0 Å². The Balaban J connectivity index is 2.83. The van der Waals surface area contributed by atoms with Gasteiger partial charge in [0.05, 0.1) is 6.61 Å². The molecule has 0 rings (SSSR count). The Morgan fingerprint density at radius 1 is 1.40 bits per heavy atom. The van der Waals surface area contributed by atoms with Gasteiger partial charge in [0.15, 0.2) is 0 Å². The van der Waals surface area contributed by atoms with Crippen LogP contribution in [0.3, 0.4) is 0 Å². The fourth-order valence-corrected chi connectivity index (χ4v) is 0.786. The minimum absolute atomic E-state index is 0.509. The van der Waals surface area contributed by atoms with Crippen LogP contribution in [0, 0.1) is 5.92 Å². The third-order valence-corrected chi connectivity index (χ3v) is 1.36. The lowest BCUT2D eigenvalue weighted by Crippen LogP contribution is -1.93. The van der Waals surface area contributed by atoms with Gasteiger partial charge in [-0.15, -0.1) is 0 Å². The average Bonchev–Trinajstić information content (AvgIpc) is 1.87. The summed E-state index contributed by atoms with van der Waals surface area (Å²) in [6, 6.07) is 0. The van der Waals surface area contributed by atoms with Crippen molar-refractivity contribution in [1.82, 2.24) is 0 Å². The molecule has 2 heteroatoms. The first kappa shape index (κ1) is 9.47. The lowest BCUT2D eigenvalue weighted by Gasteiger charge is -2.02. The summed E-state index contributed by atoms with van der Waals surface area (Å²) in [5.41, 5.74) is 0. The van der Waals surface area contributed by atoms with Gasteiger partial charge >= 0.3 is 0 Å². The van der Waals surface area contributed by atoms with E-state index >= 15 is 0 Å². The third-order valence-electron chi connectivity index (χ3n) is 1.36.